The van der Waals surface area contributed by atoms with Gasteiger partial charge in [0.2, 0.25) is 5.78 Å². The number of halogens is 6. The van der Waals surface area contributed by atoms with Gasteiger partial charge in [-0.3, -0.25) is 4.79 Å². The van der Waals surface area contributed by atoms with Gasteiger partial charge in [0, 0.05) is 10.6 Å². The molecular weight excluding hydrogens is 275 g/mol. The molecule has 0 fully saturated rings. The number of hydrogen-bond acceptors (Lipinski definition) is 1. The molecule has 0 aliphatic carbocycles. The Hall–Kier alpha value is -0.450. The highest BCUT2D eigenvalue weighted by Crippen LogP contribution is 2.31. The first-order valence-corrected chi connectivity index (χ1v) is 4.63. The molecule has 1 aromatic carbocycles. The summed E-state index contributed by atoms with van der Waals surface area (Å²) in [7, 11) is 0. The summed E-state index contributed by atoms with van der Waals surface area (Å²) in [6.07, 6.45) is 0. The summed E-state index contributed by atoms with van der Waals surface area (Å²) in [4.78, 5) is 11.0. The Morgan fingerprint density at radius 3 is 2.27 bits per heavy atom. The van der Waals surface area contributed by atoms with Crippen molar-refractivity contribution in [1.29, 1.82) is 0 Å². The quantitative estimate of drug-likeness (QED) is 0.451. The summed E-state index contributed by atoms with van der Waals surface area (Å²) in [5, 5.41) is -5.09. The molecule has 0 saturated heterocycles. The first-order chi connectivity index (χ1) is 6.73. The van der Waals surface area contributed by atoms with Crippen LogP contribution >= 0.6 is 34.8 Å². The first kappa shape index (κ1) is 12.6. The van der Waals surface area contributed by atoms with E-state index in [9.17, 15) is 18.0 Å². The molecule has 15 heavy (non-hydrogen) atoms. The van der Waals surface area contributed by atoms with Crippen molar-refractivity contribution in [2.24, 2.45) is 0 Å². The molecule has 0 saturated carbocycles. The summed E-state index contributed by atoms with van der Waals surface area (Å²) in [6, 6.07) is 1.62. The van der Waals surface area contributed by atoms with Crippen molar-refractivity contribution >= 4 is 40.6 Å². The van der Waals surface area contributed by atoms with Crippen molar-refractivity contribution in [2.45, 2.75) is 5.38 Å². The molecule has 0 aliphatic rings. The number of alkyl halides is 3. The van der Waals surface area contributed by atoms with E-state index >= 15 is 0 Å². The van der Waals surface area contributed by atoms with Gasteiger partial charge in [-0.05, 0) is 23.7 Å². The van der Waals surface area contributed by atoms with Gasteiger partial charge in [-0.25, -0.2) is 4.39 Å². The average molecular weight is 277 g/mol. The highest BCUT2D eigenvalue weighted by molar-refractivity contribution is 6.40. The number of rotatable bonds is 2. The minimum absolute atomic E-state index is 0.221. The molecule has 0 spiro atoms. The lowest BCUT2D eigenvalue weighted by molar-refractivity contribution is 0.0536. The number of carbonyl (C=O) groups excluding carboxylic acids is 1. The maximum Gasteiger partial charge on any atom is 0.384 e. The third kappa shape index (κ3) is 2.77. The number of benzene rings is 1. The van der Waals surface area contributed by atoms with Crippen LogP contribution in [0, 0.1) is 5.82 Å². The van der Waals surface area contributed by atoms with Crippen molar-refractivity contribution in [3.05, 3.63) is 33.6 Å². The van der Waals surface area contributed by atoms with Crippen molar-refractivity contribution in [2.75, 3.05) is 0 Å². The van der Waals surface area contributed by atoms with E-state index in [2.05, 4.69) is 11.6 Å². The normalized spacial score (nSPS) is 11.6. The Morgan fingerprint density at radius 2 is 1.80 bits per heavy atom. The van der Waals surface area contributed by atoms with E-state index in [0.717, 1.165) is 12.1 Å². The molecule has 7 heteroatoms. The average Bonchev–Trinajstić information content (AvgIpc) is 2.08. The maximum atomic E-state index is 12.9. The van der Waals surface area contributed by atoms with Gasteiger partial charge in [-0.15, -0.1) is 0 Å². The van der Waals surface area contributed by atoms with Crippen LogP contribution in [0.15, 0.2) is 12.1 Å². The fraction of sp³-hybridized carbons (Fsp3) is 0.125. The van der Waals surface area contributed by atoms with Crippen LogP contribution in [0.25, 0.3) is 0 Å². The van der Waals surface area contributed by atoms with E-state index in [0.29, 0.717) is 0 Å². The first-order valence-electron chi connectivity index (χ1n) is 3.49. The second kappa shape index (κ2) is 4.20. The van der Waals surface area contributed by atoms with Crippen molar-refractivity contribution in [3.8, 4) is 0 Å². The van der Waals surface area contributed by atoms with Gasteiger partial charge in [0.25, 0.3) is 0 Å². The second-order valence-corrected chi connectivity index (χ2v) is 3.87. The van der Waals surface area contributed by atoms with Crippen LogP contribution in [0.4, 0.5) is 13.2 Å². The predicted octanol–water partition coefficient (Wildman–Crippen LogP) is 4.15. The number of hydrogen-bond donors (Lipinski definition) is 0. The van der Waals surface area contributed by atoms with Gasteiger partial charge in [0.05, 0.1) is 5.02 Å². The monoisotopic (exact) mass is 276 g/mol. The molecule has 0 aliphatic heterocycles. The summed E-state index contributed by atoms with van der Waals surface area (Å²) in [5.41, 5.74) is -0.748. The van der Waals surface area contributed by atoms with Gasteiger partial charge >= 0.3 is 5.38 Å². The number of carbonyl (C=O) groups is 1. The van der Waals surface area contributed by atoms with E-state index in [1.807, 2.05) is 0 Å². The Kier molecular flexibility index (Phi) is 3.53. The van der Waals surface area contributed by atoms with E-state index in [4.69, 9.17) is 23.2 Å². The molecule has 82 valence electrons. The molecule has 1 rings (SSSR count). The smallest absolute Gasteiger partial charge is 0.286 e. The Labute approximate surface area is 97.7 Å². The Balaban J connectivity index is 3.32. The van der Waals surface area contributed by atoms with Gasteiger partial charge in [0.15, 0.2) is 0 Å². The van der Waals surface area contributed by atoms with E-state index in [1.165, 1.54) is 0 Å². The van der Waals surface area contributed by atoms with Gasteiger partial charge in [0.1, 0.15) is 5.82 Å². The third-order valence-corrected chi connectivity index (χ3v) is 2.27. The van der Waals surface area contributed by atoms with Crippen LogP contribution in [0.5, 0.6) is 0 Å². The number of ketones is 1. The minimum Gasteiger partial charge on any atom is -0.286 e. The van der Waals surface area contributed by atoms with E-state index in [1.54, 1.807) is 0 Å². The summed E-state index contributed by atoms with van der Waals surface area (Å²) in [6.45, 7) is 0. The molecule has 0 atom stereocenters. The van der Waals surface area contributed by atoms with Crippen LogP contribution in [0.2, 0.25) is 10.0 Å². The van der Waals surface area contributed by atoms with Crippen LogP contribution in [0.3, 0.4) is 0 Å². The fourth-order valence-corrected chi connectivity index (χ4v) is 1.38. The second-order valence-electron chi connectivity index (χ2n) is 2.58. The maximum absolute atomic E-state index is 12.9. The molecule has 0 radical (unpaired) electrons. The van der Waals surface area contributed by atoms with Gasteiger partial charge in [-0.1, -0.05) is 23.2 Å². The van der Waals surface area contributed by atoms with Crippen molar-refractivity contribution < 1.29 is 18.0 Å². The Bertz CT molecular complexity index is 414. The molecule has 0 heterocycles. The molecule has 0 bridgehead atoms. The zero-order chi connectivity index (χ0) is 11.8. The topological polar surface area (TPSA) is 17.1 Å². The van der Waals surface area contributed by atoms with Gasteiger partial charge < -0.3 is 0 Å². The van der Waals surface area contributed by atoms with Crippen molar-refractivity contribution in [3.63, 3.8) is 0 Å². The summed E-state index contributed by atoms with van der Waals surface area (Å²) < 4.78 is 37.8. The molecule has 1 nitrogen and oxygen atoms in total. The lowest BCUT2D eigenvalue weighted by Gasteiger charge is -2.08. The molecular formula is C8H2Cl3F3O. The minimum atomic E-state index is -4.14. The zero-order valence-corrected chi connectivity index (χ0v) is 9.10. The predicted molar refractivity (Wildman–Crippen MR) is 51.6 cm³/mol. The number of Topliss-reactive ketones (excluding diaryl/α,β-unsaturated/α-hetero) is 1. The third-order valence-electron chi connectivity index (χ3n) is 1.50. The van der Waals surface area contributed by atoms with E-state index < -0.39 is 27.6 Å². The lowest BCUT2D eigenvalue weighted by atomic mass is 10.1. The van der Waals surface area contributed by atoms with Crippen LogP contribution in [0.1, 0.15) is 10.4 Å². The lowest BCUT2D eigenvalue weighted by Crippen LogP contribution is -2.22. The standard InChI is InChI=1S/C8H2Cl3F3O/c9-3-1-4(6(10)5(12)2-3)7(15)8(11,13)14/h1-2H. The van der Waals surface area contributed by atoms with Crippen molar-refractivity contribution in [1.82, 2.24) is 0 Å². The van der Waals surface area contributed by atoms with E-state index in [-0.39, 0.29) is 5.02 Å². The highest BCUT2D eigenvalue weighted by atomic mass is 35.5. The van der Waals surface area contributed by atoms with Crippen LogP contribution in [-0.2, 0) is 0 Å². The largest absolute Gasteiger partial charge is 0.384 e. The highest BCUT2D eigenvalue weighted by Gasteiger charge is 2.38. The molecule has 1 aromatic rings. The molecule has 0 amide bonds. The molecule has 0 aromatic heterocycles. The Morgan fingerprint density at radius 1 is 1.27 bits per heavy atom. The van der Waals surface area contributed by atoms with Crippen LogP contribution < -0.4 is 0 Å². The fourth-order valence-electron chi connectivity index (χ4n) is 0.874. The van der Waals surface area contributed by atoms with Crippen LogP contribution in [-0.4, -0.2) is 11.2 Å². The summed E-state index contributed by atoms with van der Waals surface area (Å²) >= 11 is 15.2. The zero-order valence-electron chi connectivity index (χ0n) is 6.83. The SMILES string of the molecule is O=C(c1cc(Cl)cc(F)c1Cl)C(F)(F)Cl. The summed E-state index contributed by atoms with van der Waals surface area (Å²) in [5.74, 6) is -2.86. The van der Waals surface area contributed by atoms with Gasteiger partial charge in [-0.2, -0.15) is 8.78 Å². The molecule has 0 unspecified atom stereocenters. The molecule has 0 N–H and O–H groups in total.